The smallest absolute Gasteiger partial charge is 0.146 e. The summed E-state index contributed by atoms with van der Waals surface area (Å²) in [6, 6.07) is 7.58. The van der Waals surface area contributed by atoms with Crippen molar-refractivity contribution in [1.82, 2.24) is 0 Å². The average molecular weight is 266 g/mol. The van der Waals surface area contributed by atoms with E-state index in [2.05, 4.69) is 13.8 Å². The van der Waals surface area contributed by atoms with E-state index < -0.39 is 16.0 Å². The van der Waals surface area contributed by atoms with E-state index in [4.69, 9.17) is 0 Å². The second kappa shape index (κ2) is 6.28. The number of Topliss-reactive ketones (excluding diaryl/α,β-unsaturated/α-hetero) is 1. The number of carbonyl (C=O) groups is 1. The molecule has 0 aliphatic heterocycles. The molecule has 0 amide bonds. The van der Waals surface area contributed by atoms with Crippen LogP contribution in [0.1, 0.15) is 33.3 Å². The van der Waals surface area contributed by atoms with Crippen LogP contribution in [0.2, 0.25) is 0 Å². The zero-order valence-corrected chi connectivity index (χ0v) is 12.6. The van der Waals surface area contributed by atoms with Crippen molar-refractivity contribution >= 4 is 16.6 Å². The number of carbonyl (C=O) groups excluding carboxylic acids is 1. The number of rotatable bonds is 5. The van der Waals surface area contributed by atoms with Crippen LogP contribution in [0.5, 0.6) is 0 Å². The van der Waals surface area contributed by atoms with E-state index in [1.807, 2.05) is 38.1 Å². The Labute approximate surface area is 112 Å². The molecule has 2 nitrogen and oxygen atoms in total. The van der Waals surface area contributed by atoms with Gasteiger partial charge in [-0.2, -0.15) is 0 Å². The lowest BCUT2D eigenvalue weighted by Crippen LogP contribution is -2.33. The molecule has 3 heteroatoms. The van der Waals surface area contributed by atoms with E-state index in [0.717, 1.165) is 10.5 Å². The molecule has 3 atom stereocenters. The predicted molar refractivity (Wildman–Crippen MR) is 76.1 cm³/mol. The van der Waals surface area contributed by atoms with E-state index in [1.54, 1.807) is 0 Å². The number of benzene rings is 1. The Kier molecular flexibility index (Phi) is 5.27. The molecule has 100 valence electrons. The van der Waals surface area contributed by atoms with Gasteiger partial charge in [-0.1, -0.05) is 38.5 Å². The van der Waals surface area contributed by atoms with Gasteiger partial charge in [0.05, 0.1) is 10.8 Å². The molecule has 0 aromatic heterocycles. The van der Waals surface area contributed by atoms with Crippen LogP contribution in [0.25, 0.3) is 0 Å². The molecule has 1 aromatic rings. The van der Waals surface area contributed by atoms with Crippen molar-refractivity contribution in [3.63, 3.8) is 0 Å². The highest BCUT2D eigenvalue weighted by molar-refractivity contribution is 7.86. The lowest BCUT2D eigenvalue weighted by Gasteiger charge is -2.24. The first-order valence-corrected chi connectivity index (χ1v) is 7.53. The molecule has 0 radical (unpaired) electrons. The van der Waals surface area contributed by atoms with Gasteiger partial charge >= 0.3 is 0 Å². The minimum Gasteiger partial charge on any atom is -0.299 e. The number of ketones is 1. The lowest BCUT2D eigenvalue weighted by molar-refractivity contribution is -0.117. The molecule has 0 aliphatic carbocycles. The van der Waals surface area contributed by atoms with Gasteiger partial charge in [0.25, 0.3) is 0 Å². The molecule has 1 rings (SSSR count). The topological polar surface area (TPSA) is 34.1 Å². The number of hydrogen-bond donors (Lipinski definition) is 0. The second-order valence-corrected chi connectivity index (χ2v) is 6.82. The summed E-state index contributed by atoms with van der Waals surface area (Å²) in [6.07, 6.45) is 0. The van der Waals surface area contributed by atoms with Gasteiger partial charge in [0.1, 0.15) is 11.0 Å². The van der Waals surface area contributed by atoms with Gasteiger partial charge < -0.3 is 0 Å². The maximum Gasteiger partial charge on any atom is 0.146 e. The van der Waals surface area contributed by atoms with E-state index in [9.17, 15) is 9.00 Å². The Balaban J connectivity index is 3.04. The highest BCUT2D eigenvalue weighted by Gasteiger charge is 2.30. The molecule has 1 aromatic carbocycles. The Morgan fingerprint density at radius 1 is 1.11 bits per heavy atom. The van der Waals surface area contributed by atoms with Crippen LogP contribution in [0.4, 0.5) is 0 Å². The Morgan fingerprint density at radius 2 is 1.61 bits per heavy atom. The van der Waals surface area contributed by atoms with Crippen LogP contribution >= 0.6 is 0 Å². The van der Waals surface area contributed by atoms with Crippen molar-refractivity contribution in [1.29, 1.82) is 0 Å². The molecule has 2 unspecified atom stereocenters. The van der Waals surface area contributed by atoms with Gasteiger partial charge in [-0.25, -0.2) is 0 Å². The normalized spacial score (nSPS) is 16.3. The second-order valence-electron chi connectivity index (χ2n) is 5.24. The van der Waals surface area contributed by atoms with Crippen LogP contribution in [0.15, 0.2) is 29.2 Å². The van der Waals surface area contributed by atoms with Crippen molar-refractivity contribution in [2.24, 2.45) is 11.8 Å². The molecule has 18 heavy (non-hydrogen) atoms. The first-order chi connectivity index (χ1) is 8.34. The van der Waals surface area contributed by atoms with Gasteiger partial charge in [-0.15, -0.1) is 0 Å². The first-order valence-electron chi connectivity index (χ1n) is 6.32. The van der Waals surface area contributed by atoms with E-state index in [0.29, 0.717) is 5.92 Å². The quantitative estimate of drug-likeness (QED) is 0.819. The van der Waals surface area contributed by atoms with E-state index in [1.165, 1.54) is 6.92 Å². The van der Waals surface area contributed by atoms with Crippen molar-refractivity contribution in [3.8, 4) is 0 Å². The lowest BCUT2D eigenvalue weighted by atomic mass is 9.92. The molecule has 0 saturated heterocycles. The van der Waals surface area contributed by atoms with Gasteiger partial charge in [-0.05, 0) is 37.8 Å². The summed E-state index contributed by atoms with van der Waals surface area (Å²) in [6.45, 7) is 9.66. The van der Waals surface area contributed by atoms with Gasteiger partial charge in [-0.3, -0.25) is 9.00 Å². The first kappa shape index (κ1) is 15.1. The van der Waals surface area contributed by atoms with Gasteiger partial charge in [0, 0.05) is 4.90 Å². The SMILES string of the molecule is CC(=O)C(C(C)C(C)C)[S@](=O)c1ccc(C)cc1. The van der Waals surface area contributed by atoms with Crippen LogP contribution in [-0.2, 0) is 15.6 Å². The van der Waals surface area contributed by atoms with Gasteiger partial charge in [0.2, 0.25) is 0 Å². The fourth-order valence-corrected chi connectivity index (χ4v) is 3.59. The monoisotopic (exact) mass is 266 g/mol. The van der Waals surface area contributed by atoms with Crippen molar-refractivity contribution < 1.29 is 9.00 Å². The third kappa shape index (κ3) is 3.52. The number of aryl methyl sites for hydroxylation is 1. The van der Waals surface area contributed by atoms with E-state index in [-0.39, 0.29) is 11.7 Å². The Morgan fingerprint density at radius 3 is 2.00 bits per heavy atom. The van der Waals surface area contributed by atoms with Crippen LogP contribution in [0.3, 0.4) is 0 Å². The van der Waals surface area contributed by atoms with E-state index >= 15 is 0 Å². The van der Waals surface area contributed by atoms with Gasteiger partial charge in [0.15, 0.2) is 0 Å². The molecular weight excluding hydrogens is 244 g/mol. The molecule has 0 bridgehead atoms. The maximum atomic E-state index is 12.5. The fraction of sp³-hybridized carbons (Fsp3) is 0.533. The molecule has 0 heterocycles. The van der Waals surface area contributed by atoms with Crippen molar-refractivity contribution in [2.45, 2.75) is 44.8 Å². The van der Waals surface area contributed by atoms with Crippen molar-refractivity contribution in [2.75, 3.05) is 0 Å². The van der Waals surface area contributed by atoms with Crippen LogP contribution in [-0.4, -0.2) is 15.2 Å². The Hall–Kier alpha value is -0.960. The largest absolute Gasteiger partial charge is 0.299 e. The summed E-state index contributed by atoms with van der Waals surface area (Å²) in [5.74, 6) is 0.466. The number of hydrogen-bond acceptors (Lipinski definition) is 2. The Bertz CT molecular complexity index is 434. The van der Waals surface area contributed by atoms with Crippen LogP contribution < -0.4 is 0 Å². The summed E-state index contributed by atoms with van der Waals surface area (Å²) in [5, 5.41) is -0.410. The minimum absolute atomic E-state index is 0.00936. The third-order valence-corrected chi connectivity index (χ3v) is 5.37. The summed E-state index contributed by atoms with van der Waals surface area (Å²) in [7, 11) is -1.26. The fourth-order valence-electron chi connectivity index (χ4n) is 1.88. The standard InChI is InChI=1S/C15H22O2S/c1-10(2)12(4)15(13(5)16)18(17)14-8-6-11(3)7-9-14/h6-10,12,15H,1-5H3/t12?,15?,18-/m1/s1. The zero-order valence-electron chi connectivity index (χ0n) is 11.8. The summed E-state index contributed by atoms with van der Waals surface area (Å²) < 4.78 is 12.5. The summed E-state index contributed by atoms with van der Waals surface area (Å²) >= 11 is 0. The zero-order chi connectivity index (χ0) is 13.9. The third-order valence-electron chi connectivity index (χ3n) is 3.41. The molecule has 0 spiro atoms. The molecular formula is C15H22O2S. The summed E-state index contributed by atoms with van der Waals surface area (Å²) in [5.41, 5.74) is 1.13. The minimum atomic E-state index is -1.26. The average Bonchev–Trinajstić information content (AvgIpc) is 2.29. The highest BCUT2D eigenvalue weighted by atomic mass is 32.2. The molecule has 0 aliphatic rings. The summed E-state index contributed by atoms with van der Waals surface area (Å²) in [4.78, 5) is 12.5. The maximum absolute atomic E-state index is 12.5. The molecule has 0 fully saturated rings. The van der Waals surface area contributed by atoms with Crippen molar-refractivity contribution in [3.05, 3.63) is 29.8 Å². The molecule has 0 N–H and O–H groups in total. The predicted octanol–water partition coefficient (Wildman–Crippen LogP) is 3.35. The highest BCUT2D eigenvalue weighted by Crippen LogP contribution is 2.24. The molecule has 0 saturated carbocycles. The van der Waals surface area contributed by atoms with Crippen LogP contribution in [0, 0.1) is 18.8 Å².